The number of nitrogens with one attached hydrogen (secondary N) is 2. The second kappa shape index (κ2) is 8.64. The second-order valence-electron chi connectivity index (χ2n) is 8.20. The zero-order chi connectivity index (χ0) is 23.8. The Bertz CT molecular complexity index is 1590. The van der Waals surface area contributed by atoms with Gasteiger partial charge in [-0.1, -0.05) is 30.3 Å². The van der Waals surface area contributed by atoms with Crippen molar-refractivity contribution in [2.24, 2.45) is 0 Å². The number of aromatic amines is 1. The number of H-pyrrole nitrogens is 1. The molecule has 5 aromatic rings. The first kappa shape index (κ1) is 21.0. The SMILES string of the molecule is O=c1[nH]c2c(cc1CNc1ccc3c(c1)OCCO3)c(-c1cccc(F)c1)nn2-c1ccccc1. The molecule has 1 aliphatic heterocycles. The lowest BCUT2D eigenvalue weighted by Crippen LogP contribution is -2.17. The first-order chi connectivity index (χ1) is 17.2. The molecule has 0 unspecified atom stereocenters. The number of para-hydroxylation sites is 1. The minimum absolute atomic E-state index is 0.231. The molecule has 8 heteroatoms. The largest absolute Gasteiger partial charge is 0.486 e. The van der Waals surface area contributed by atoms with Gasteiger partial charge in [-0.25, -0.2) is 9.07 Å². The molecule has 0 spiro atoms. The normalized spacial score (nSPS) is 12.6. The standard InChI is InChI=1S/C27H21FN4O3/c28-19-6-4-5-17(13-19)25-22-14-18(16-29-20-9-10-23-24(15-20)35-12-11-34-23)27(33)30-26(22)32(31-25)21-7-2-1-3-8-21/h1-10,13-15,29H,11-12,16H2,(H,30,33). The van der Waals surface area contributed by atoms with Gasteiger partial charge in [0, 0.05) is 34.8 Å². The molecule has 3 aromatic carbocycles. The van der Waals surface area contributed by atoms with E-state index >= 15 is 0 Å². The highest BCUT2D eigenvalue weighted by Gasteiger charge is 2.17. The number of ether oxygens (including phenoxy) is 2. The van der Waals surface area contributed by atoms with Gasteiger partial charge in [0.1, 0.15) is 30.4 Å². The molecule has 1 aliphatic rings. The molecule has 3 heterocycles. The molecule has 0 aliphatic carbocycles. The number of pyridine rings is 1. The van der Waals surface area contributed by atoms with Crippen molar-refractivity contribution < 1.29 is 13.9 Å². The molecule has 2 aromatic heterocycles. The first-order valence-corrected chi connectivity index (χ1v) is 11.3. The highest BCUT2D eigenvalue weighted by molar-refractivity contribution is 5.92. The van der Waals surface area contributed by atoms with Gasteiger partial charge < -0.3 is 19.8 Å². The number of nitrogens with zero attached hydrogens (tertiary/aromatic N) is 2. The van der Waals surface area contributed by atoms with Gasteiger partial charge in [0.25, 0.3) is 5.56 Å². The lowest BCUT2D eigenvalue weighted by Gasteiger charge is -2.19. The number of halogens is 1. The third-order valence-electron chi connectivity index (χ3n) is 5.89. The summed E-state index contributed by atoms with van der Waals surface area (Å²) < 4.78 is 26.9. The van der Waals surface area contributed by atoms with Crippen LogP contribution in [-0.2, 0) is 6.54 Å². The van der Waals surface area contributed by atoms with Gasteiger partial charge in [-0.3, -0.25) is 4.79 Å². The molecule has 0 fully saturated rings. The fourth-order valence-corrected chi connectivity index (χ4v) is 4.20. The van der Waals surface area contributed by atoms with Crippen molar-refractivity contribution >= 4 is 16.7 Å². The maximum Gasteiger partial charge on any atom is 0.254 e. The molecule has 0 bridgehead atoms. The Kier molecular flexibility index (Phi) is 5.18. The van der Waals surface area contributed by atoms with Gasteiger partial charge in [-0.15, -0.1) is 0 Å². The van der Waals surface area contributed by atoms with E-state index in [1.165, 1.54) is 12.1 Å². The van der Waals surface area contributed by atoms with E-state index in [0.717, 1.165) is 16.8 Å². The number of aromatic nitrogens is 3. The number of hydrogen-bond donors (Lipinski definition) is 2. The van der Waals surface area contributed by atoms with Crippen LogP contribution in [0.4, 0.5) is 10.1 Å². The molecular weight excluding hydrogens is 447 g/mol. The van der Waals surface area contributed by atoms with E-state index in [0.29, 0.717) is 47.2 Å². The molecule has 0 radical (unpaired) electrons. The number of benzene rings is 3. The van der Waals surface area contributed by atoms with E-state index in [9.17, 15) is 9.18 Å². The molecular formula is C27H21FN4O3. The predicted molar refractivity (Wildman–Crippen MR) is 132 cm³/mol. The molecule has 174 valence electrons. The summed E-state index contributed by atoms with van der Waals surface area (Å²) in [6.45, 7) is 1.31. The summed E-state index contributed by atoms with van der Waals surface area (Å²) in [5, 5.41) is 8.75. The number of anilines is 1. The molecule has 0 amide bonds. The molecule has 0 saturated heterocycles. The summed E-state index contributed by atoms with van der Waals surface area (Å²) in [4.78, 5) is 16.0. The molecule has 35 heavy (non-hydrogen) atoms. The Morgan fingerprint density at radius 2 is 1.77 bits per heavy atom. The van der Waals surface area contributed by atoms with Crippen LogP contribution in [0.3, 0.4) is 0 Å². The number of hydrogen-bond acceptors (Lipinski definition) is 5. The van der Waals surface area contributed by atoms with Gasteiger partial charge in [-0.05, 0) is 42.5 Å². The van der Waals surface area contributed by atoms with Crippen LogP contribution in [0.1, 0.15) is 5.56 Å². The predicted octanol–water partition coefficient (Wildman–Crippen LogP) is 4.90. The van der Waals surface area contributed by atoms with Crippen LogP contribution in [0, 0.1) is 5.82 Å². The van der Waals surface area contributed by atoms with Crippen LogP contribution < -0.4 is 20.3 Å². The maximum atomic E-state index is 14.0. The summed E-state index contributed by atoms with van der Waals surface area (Å²) in [6.07, 6.45) is 0. The van der Waals surface area contributed by atoms with Crippen LogP contribution >= 0.6 is 0 Å². The van der Waals surface area contributed by atoms with Crippen molar-refractivity contribution in [1.29, 1.82) is 0 Å². The van der Waals surface area contributed by atoms with Gasteiger partial charge >= 0.3 is 0 Å². The first-order valence-electron chi connectivity index (χ1n) is 11.3. The van der Waals surface area contributed by atoms with Gasteiger partial charge in [0.15, 0.2) is 11.5 Å². The highest BCUT2D eigenvalue weighted by Crippen LogP contribution is 2.33. The Hall–Kier alpha value is -4.59. The van der Waals surface area contributed by atoms with E-state index in [-0.39, 0.29) is 17.9 Å². The molecule has 6 rings (SSSR count). The quantitative estimate of drug-likeness (QED) is 0.383. The van der Waals surface area contributed by atoms with Crippen molar-refractivity contribution in [2.75, 3.05) is 18.5 Å². The van der Waals surface area contributed by atoms with Crippen molar-refractivity contribution in [3.8, 4) is 28.4 Å². The van der Waals surface area contributed by atoms with E-state index in [1.807, 2.05) is 54.6 Å². The lowest BCUT2D eigenvalue weighted by molar-refractivity contribution is 0.171. The van der Waals surface area contributed by atoms with E-state index in [2.05, 4.69) is 10.3 Å². The molecule has 0 saturated carbocycles. The Balaban J connectivity index is 1.41. The highest BCUT2D eigenvalue weighted by atomic mass is 19.1. The average molecular weight is 468 g/mol. The van der Waals surface area contributed by atoms with E-state index in [1.54, 1.807) is 16.8 Å². The van der Waals surface area contributed by atoms with Crippen LogP contribution in [-0.4, -0.2) is 28.0 Å². The van der Waals surface area contributed by atoms with Gasteiger partial charge in [-0.2, -0.15) is 5.10 Å². The van der Waals surface area contributed by atoms with Crippen molar-refractivity contribution in [3.63, 3.8) is 0 Å². The zero-order valence-corrected chi connectivity index (χ0v) is 18.6. The Morgan fingerprint density at radius 1 is 0.943 bits per heavy atom. The Labute approximate surface area is 199 Å². The molecule has 7 nitrogen and oxygen atoms in total. The van der Waals surface area contributed by atoms with Crippen LogP contribution in [0.15, 0.2) is 83.7 Å². The van der Waals surface area contributed by atoms with Crippen molar-refractivity contribution in [2.45, 2.75) is 6.54 Å². The molecule has 2 N–H and O–H groups in total. The average Bonchev–Trinajstić information content (AvgIpc) is 3.26. The van der Waals surface area contributed by atoms with Crippen LogP contribution in [0.5, 0.6) is 11.5 Å². The van der Waals surface area contributed by atoms with Crippen LogP contribution in [0.25, 0.3) is 28.0 Å². The smallest absolute Gasteiger partial charge is 0.254 e. The number of rotatable bonds is 5. The van der Waals surface area contributed by atoms with Gasteiger partial charge in [0.2, 0.25) is 0 Å². The summed E-state index contributed by atoms with van der Waals surface area (Å²) >= 11 is 0. The van der Waals surface area contributed by atoms with Gasteiger partial charge in [0.05, 0.1) is 5.69 Å². The minimum atomic E-state index is -0.352. The fourth-order valence-electron chi connectivity index (χ4n) is 4.20. The summed E-state index contributed by atoms with van der Waals surface area (Å²) in [5.41, 5.74) is 3.64. The monoisotopic (exact) mass is 468 g/mol. The Morgan fingerprint density at radius 3 is 2.60 bits per heavy atom. The molecule has 0 atom stereocenters. The van der Waals surface area contributed by atoms with E-state index < -0.39 is 0 Å². The zero-order valence-electron chi connectivity index (χ0n) is 18.6. The lowest BCUT2D eigenvalue weighted by atomic mass is 10.1. The minimum Gasteiger partial charge on any atom is -0.486 e. The van der Waals surface area contributed by atoms with Crippen molar-refractivity contribution in [1.82, 2.24) is 14.8 Å². The maximum absolute atomic E-state index is 14.0. The summed E-state index contributed by atoms with van der Waals surface area (Å²) in [6, 6.07) is 23.2. The van der Waals surface area contributed by atoms with E-state index in [4.69, 9.17) is 14.6 Å². The fraction of sp³-hybridized carbons (Fsp3) is 0.111. The third-order valence-corrected chi connectivity index (χ3v) is 5.89. The second-order valence-corrected chi connectivity index (χ2v) is 8.20. The van der Waals surface area contributed by atoms with Crippen molar-refractivity contribution in [3.05, 3.63) is 101 Å². The summed E-state index contributed by atoms with van der Waals surface area (Å²) in [5.74, 6) is 1.02. The topological polar surface area (TPSA) is 81.2 Å². The third kappa shape index (κ3) is 3.99. The number of fused-ring (bicyclic) bond motifs is 2. The summed E-state index contributed by atoms with van der Waals surface area (Å²) in [7, 11) is 0. The van der Waals surface area contributed by atoms with Crippen LogP contribution in [0.2, 0.25) is 0 Å².